The number of rotatable bonds is 3. The van der Waals surface area contributed by atoms with Crippen LogP contribution >= 0.6 is 11.6 Å². The van der Waals surface area contributed by atoms with Gasteiger partial charge in [-0.1, -0.05) is 59.6 Å². The summed E-state index contributed by atoms with van der Waals surface area (Å²) >= 11 is 5.99. The van der Waals surface area contributed by atoms with E-state index < -0.39 is 18.1 Å². The number of nitrogens with one attached hydrogen (secondary N) is 1. The Bertz CT molecular complexity index is 1320. The first-order valence-corrected chi connectivity index (χ1v) is 11.7. The molecule has 178 valence electrons. The van der Waals surface area contributed by atoms with E-state index in [1.807, 2.05) is 31.2 Å². The minimum atomic E-state index is -1.33. The highest BCUT2D eigenvalue weighted by Gasteiger charge is 2.41. The van der Waals surface area contributed by atoms with Crippen molar-refractivity contribution in [1.29, 1.82) is 0 Å². The number of aliphatic hydroxyl groups is 1. The number of carbonyl (C=O) groups excluding carboxylic acids is 3. The van der Waals surface area contributed by atoms with Crippen LogP contribution in [0, 0.1) is 6.92 Å². The van der Waals surface area contributed by atoms with E-state index in [2.05, 4.69) is 5.32 Å². The predicted molar refractivity (Wildman–Crippen MR) is 133 cm³/mol. The maximum absolute atomic E-state index is 13.5. The number of benzene rings is 3. The third kappa shape index (κ3) is 4.40. The number of halogens is 1. The van der Waals surface area contributed by atoms with Crippen molar-refractivity contribution in [2.75, 3.05) is 25.0 Å². The largest absolute Gasteiger partial charge is 0.378 e. The lowest BCUT2D eigenvalue weighted by atomic mass is 10.0. The van der Waals surface area contributed by atoms with Crippen molar-refractivity contribution in [3.8, 4) is 11.1 Å². The van der Waals surface area contributed by atoms with Crippen molar-refractivity contribution in [3.63, 3.8) is 0 Å². The molecule has 0 radical (unpaired) electrons. The predicted octanol–water partition coefficient (Wildman–Crippen LogP) is 3.65. The van der Waals surface area contributed by atoms with Gasteiger partial charge in [-0.2, -0.15) is 0 Å². The summed E-state index contributed by atoms with van der Waals surface area (Å²) in [5.41, 5.74) is 4.00. The highest BCUT2D eigenvalue weighted by Crippen LogP contribution is 2.31. The average Bonchev–Trinajstić information content (AvgIpc) is 2.97. The fourth-order valence-corrected chi connectivity index (χ4v) is 4.76. The van der Waals surface area contributed by atoms with E-state index in [9.17, 15) is 19.5 Å². The molecule has 2 N–H and O–H groups in total. The molecule has 35 heavy (non-hydrogen) atoms. The molecule has 2 aliphatic heterocycles. The molecule has 3 amide bonds. The quantitative estimate of drug-likeness (QED) is 0.587. The number of anilines is 1. The molecule has 1 saturated heterocycles. The van der Waals surface area contributed by atoms with Gasteiger partial charge in [-0.3, -0.25) is 14.4 Å². The maximum Gasteiger partial charge on any atom is 0.256 e. The van der Waals surface area contributed by atoms with E-state index in [4.69, 9.17) is 11.6 Å². The second-order valence-electron chi connectivity index (χ2n) is 8.87. The Labute approximate surface area is 207 Å². The van der Waals surface area contributed by atoms with Crippen LogP contribution in [0.5, 0.6) is 0 Å². The van der Waals surface area contributed by atoms with Crippen molar-refractivity contribution < 1.29 is 19.5 Å². The van der Waals surface area contributed by atoms with Crippen LogP contribution < -0.4 is 5.32 Å². The number of hydrogen-bond acceptors (Lipinski definition) is 4. The number of piperazine rings is 1. The van der Waals surface area contributed by atoms with Crippen molar-refractivity contribution in [2.24, 2.45) is 0 Å². The van der Waals surface area contributed by atoms with E-state index in [0.29, 0.717) is 21.8 Å². The monoisotopic (exact) mass is 489 g/mol. The first-order valence-electron chi connectivity index (χ1n) is 11.4. The normalized spacial score (nSPS) is 18.3. The average molecular weight is 490 g/mol. The van der Waals surface area contributed by atoms with Gasteiger partial charge in [0.25, 0.3) is 11.8 Å². The van der Waals surface area contributed by atoms with Crippen molar-refractivity contribution in [1.82, 2.24) is 9.80 Å². The van der Waals surface area contributed by atoms with Crippen LogP contribution in [0.15, 0.2) is 66.7 Å². The van der Waals surface area contributed by atoms with Crippen LogP contribution in [0.25, 0.3) is 11.1 Å². The first-order chi connectivity index (χ1) is 16.8. The van der Waals surface area contributed by atoms with Crippen molar-refractivity contribution >= 4 is 35.0 Å². The van der Waals surface area contributed by atoms with Crippen molar-refractivity contribution in [2.45, 2.75) is 19.1 Å². The summed E-state index contributed by atoms with van der Waals surface area (Å²) in [5, 5.41) is 14.1. The first kappa shape index (κ1) is 23.1. The third-order valence-corrected chi connectivity index (χ3v) is 6.78. The molecule has 0 spiro atoms. The zero-order valence-electron chi connectivity index (χ0n) is 19.1. The zero-order valence-corrected chi connectivity index (χ0v) is 19.8. The molecule has 0 aromatic heterocycles. The van der Waals surface area contributed by atoms with E-state index in [1.165, 1.54) is 9.80 Å². The molecular weight excluding hydrogens is 466 g/mol. The minimum absolute atomic E-state index is 0.0112. The van der Waals surface area contributed by atoms with E-state index in [1.54, 1.807) is 42.5 Å². The van der Waals surface area contributed by atoms with Gasteiger partial charge in [0.1, 0.15) is 6.04 Å². The van der Waals surface area contributed by atoms with Gasteiger partial charge in [-0.05, 0) is 47.9 Å². The Kier molecular flexibility index (Phi) is 6.05. The lowest BCUT2D eigenvalue weighted by Crippen LogP contribution is -2.60. The van der Waals surface area contributed by atoms with Crippen LogP contribution in [-0.4, -0.2) is 58.3 Å². The van der Waals surface area contributed by atoms with E-state index >= 15 is 0 Å². The highest BCUT2D eigenvalue weighted by atomic mass is 35.5. The van der Waals surface area contributed by atoms with Crippen LogP contribution in [0.4, 0.5) is 5.69 Å². The lowest BCUT2D eigenvalue weighted by Gasteiger charge is -2.40. The Morgan fingerprint density at radius 3 is 2.51 bits per heavy atom. The van der Waals surface area contributed by atoms with Crippen LogP contribution in [0.2, 0.25) is 5.02 Å². The number of aryl methyl sites for hydroxylation is 1. The molecule has 3 aromatic rings. The molecule has 8 heteroatoms. The second kappa shape index (κ2) is 9.17. The smallest absolute Gasteiger partial charge is 0.256 e. The Balaban J connectivity index is 1.38. The topological polar surface area (TPSA) is 89.9 Å². The second-order valence-corrected chi connectivity index (χ2v) is 9.31. The Hall–Kier alpha value is -3.68. The molecule has 0 saturated carbocycles. The molecule has 1 fully saturated rings. The van der Waals surface area contributed by atoms with Gasteiger partial charge in [0.05, 0.1) is 17.8 Å². The van der Waals surface area contributed by atoms with Gasteiger partial charge in [0.2, 0.25) is 5.91 Å². The SMILES string of the molecule is Cc1cccc(C(O)C(=O)N2CCN3C(=O)c4cc(-c5ccc(Cl)cc5)ccc4NC(=O)C3C2)c1. The number of fused-ring (bicyclic) bond motifs is 2. The van der Waals surface area contributed by atoms with Gasteiger partial charge in [-0.25, -0.2) is 0 Å². The summed E-state index contributed by atoms with van der Waals surface area (Å²) in [6, 6.07) is 18.9. The molecule has 3 aromatic carbocycles. The molecule has 7 nitrogen and oxygen atoms in total. The van der Waals surface area contributed by atoms with Crippen molar-refractivity contribution in [3.05, 3.63) is 88.4 Å². The van der Waals surface area contributed by atoms with E-state index in [-0.39, 0.29) is 31.4 Å². The summed E-state index contributed by atoms with van der Waals surface area (Å²) < 4.78 is 0. The van der Waals surface area contributed by atoms with Gasteiger partial charge in [-0.15, -0.1) is 0 Å². The molecule has 0 bridgehead atoms. The molecule has 2 heterocycles. The summed E-state index contributed by atoms with van der Waals surface area (Å²) in [7, 11) is 0. The number of hydrogen-bond donors (Lipinski definition) is 2. The fourth-order valence-electron chi connectivity index (χ4n) is 4.63. The molecule has 0 aliphatic carbocycles. The van der Waals surface area contributed by atoms with Gasteiger partial charge in [0, 0.05) is 18.1 Å². The minimum Gasteiger partial charge on any atom is -0.378 e. The van der Waals surface area contributed by atoms with Gasteiger partial charge >= 0.3 is 0 Å². The molecule has 2 aliphatic rings. The Morgan fingerprint density at radius 2 is 1.77 bits per heavy atom. The lowest BCUT2D eigenvalue weighted by molar-refractivity contribution is -0.144. The molecule has 2 unspecified atom stereocenters. The fraction of sp³-hybridized carbons (Fsp3) is 0.222. The van der Waals surface area contributed by atoms with Crippen LogP contribution in [-0.2, 0) is 9.59 Å². The molecular formula is C27H24ClN3O4. The van der Waals surface area contributed by atoms with E-state index in [0.717, 1.165) is 16.7 Å². The number of carbonyl (C=O) groups is 3. The Morgan fingerprint density at radius 1 is 1.03 bits per heavy atom. The molecule has 5 rings (SSSR count). The molecule has 2 atom stereocenters. The standard InChI is InChI=1S/C27H24ClN3O4/c1-16-3-2-4-19(13-16)24(32)27(35)30-11-12-31-23(15-30)25(33)29-22-10-7-18(14-21(22)26(31)34)17-5-8-20(28)9-6-17/h2-10,13-14,23-24,32H,11-12,15H2,1H3,(H,29,33). The van der Waals surface area contributed by atoms with Crippen LogP contribution in [0.3, 0.4) is 0 Å². The summed E-state index contributed by atoms with van der Waals surface area (Å²) in [6.45, 7) is 2.31. The number of nitrogens with zero attached hydrogens (tertiary/aromatic N) is 2. The third-order valence-electron chi connectivity index (χ3n) is 6.53. The summed E-state index contributed by atoms with van der Waals surface area (Å²) in [6.07, 6.45) is -1.33. The maximum atomic E-state index is 13.5. The van der Waals surface area contributed by atoms with Crippen LogP contribution in [0.1, 0.15) is 27.6 Å². The highest BCUT2D eigenvalue weighted by molar-refractivity contribution is 6.30. The number of amides is 3. The van der Waals surface area contributed by atoms with Gasteiger partial charge in [0.15, 0.2) is 6.10 Å². The summed E-state index contributed by atoms with van der Waals surface area (Å²) in [5.74, 6) is -1.12. The number of aliphatic hydroxyl groups excluding tert-OH is 1. The zero-order chi connectivity index (χ0) is 24.7. The summed E-state index contributed by atoms with van der Waals surface area (Å²) in [4.78, 5) is 42.6. The van der Waals surface area contributed by atoms with Gasteiger partial charge < -0.3 is 20.2 Å².